The zero-order valence-corrected chi connectivity index (χ0v) is 29.7. The molecule has 1 aliphatic heterocycles. The molecule has 0 bridgehead atoms. The van der Waals surface area contributed by atoms with Crippen LogP contribution in [0.2, 0.25) is 5.02 Å². The minimum atomic E-state index is -0.340. The van der Waals surface area contributed by atoms with E-state index in [0.717, 1.165) is 69.3 Å². The molecule has 256 valence electrons. The third kappa shape index (κ3) is 8.58. The van der Waals surface area contributed by atoms with Crippen LogP contribution in [0.15, 0.2) is 91.3 Å². The van der Waals surface area contributed by atoms with E-state index in [1.54, 1.807) is 12.3 Å². The van der Waals surface area contributed by atoms with E-state index in [2.05, 4.69) is 60.1 Å². The lowest BCUT2D eigenvalue weighted by atomic mass is 9.89. The van der Waals surface area contributed by atoms with Crippen molar-refractivity contribution in [2.75, 3.05) is 13.1 Å². The Morgan fingerprint density at radius 3 is 2.30 bits per heavy atom. The van der Waals surface area contributed by atoms with Crippen LogP contribution < -0.4 is 9.47 Å². The monoisotopic (exact) mass is 687 g/mol. The van der Waals surface area contributed by atoms with Gasteiger partial charge in [0.15, 0.2) is 0 Å². The molecule has 0 saturated carbocycles. The molecular formula is C42H42ClN3O4. The number of ether oxygens (including phenoxy) is 2. The van der Waals surface area contributed by atoms with Gasteiger partial charge in [0, 0.05) is 54.8 Å². The van der Waals surface area contributed by atoms with Gasteiger partial charge in [-0.2, -0.15) is 5.26 Å². The molecule has 1 atom stereocenters. The molecule has 0 spiro atoms. The molecule has 6 rings (SSSR count). The van der Waals surface area contributed by atoms with Crippen LogP contribution in [0.25, 0.3) is 22.3 Å². The van der Waals surface area contributed by atoms with E-state index in [-0.39, 0.29) is 12.7 Å². The standard InChI is InChI=1S/C40H36ClN3O4.C2H6/c1-26-32(5-3-7-36(26)37-8-4-6-35(27(37)2)31-11-9-28(23-45)10-12-31)25-48-40-17-39(47-24-30-15-29(18-42)19-43-20-30)33(16-38(40)41)21-44-14-13-34(46)22-44;1-2/h3-12,15-17,19-20,23,34,46H,13-14,21-22,24-25H2,1-2H3;1-2H3. The summed E-state index contributed by atoms with van der Waals surface area (Å²) >= 11 is 6.81. The fourth-order valence-electron chi connectivity index (χ4n) is 6.20. The van der Waals surface area contributed by atoms with Crippen LogP contribution in [0.5, 0.6) is 11.5 Å². The average molecular weight is 688 g/mol. The maximum Gasteiger partial charge on any atom is 0.150 e. The molecule has 50 heavy (non-hydrogen) atoms. The summed E-state index contributed by atoms with van der Waals surface area (Å²) in [6.45, 7) is 10.7. The van der Waals surface area contributed by atoms with Crippen molar-refractivity contribution in [1.29, 1.82) is 5.26 Å². The highest BCUT2D eigenvalue weighted by Gasteiger charge is 2.23. The molecule has 1 aromatic heterocycles. The molecule has 0 radical (unpaired) electrons. The summed E-state index contributed by atoms with van der Waals surface area (Å²) in [4.78, 5) is 17.5. The third-order valence-corrected chi connectivity index (χ3v) is 9.18. The molecule has 5 aromatic rings. The number of carbonyl (C=O) groups is 1. The lowest BCUT2D eigenvalue weighted by molar-refractivity contribution is 0.112. The Labute approximate surface area is 299 Å². The van der Waals surface area contributed by atoms with Gasteiger partial charge in [0.2, 0.25) is 0 Å². The molecule has 2 heterocycles. The summed E-state index contributed by atoms with van der Waals surface area (Å²) in [6.07, 6.45) is 4.45. The molecule has 1 saturated heterocycles. The van der Waals surface area contributed by atoms with Gasteiger partial charge in [-0.1, -0.05) is 86.1 Å². The van der Waals surface area contributed by atoms with Crippen molar-refractivity contribution in [3.05, 3.63) is 135 Å². The number of aromatic nitrogens is 1. The Morgan fingerprint density at radius 1 is 0.900 bits per heavy atom. The number of nitriles is 1. The number of aliphatic hydroxyl groups is 1. The van der Waals surface area contributed by atoms with Crippen LogP contribution in [0.4, 0.5) is 0 Å². The van der Waals surface area contributed by atoms with Crippen molar-refractivity contribution in [1.82, 2.24) is 9.88 Å². The molecule has 7 nitrogen and oxygen atoms in total. The predicted molar refractivity (Wildman–Crippen MR) is 198 cm³/mol. The van der Waals surface area contributed by atoms with Gasteiger partial charge in [0.1, 0.15) is 37.1 Å². The van der Waals surface area contributed by atoms with Crippen LogP contribution in [0, 0.1) is 25.2 Å². The van der Waals surface area contributed by atoms with E-state index in [1.165, 1.54) is 6.20 Å². The molecule has 1 N–H and O–H groups in total. The molecule has 1 aliphatic rings. The quantitative estimate of drug-likeness (QED) is 0.138. The molecule has 4 aromatic carbocycles. The number of nitrogens with zero attached hydrogens (tertiary/aromatic N) is 3. The smallest absolute Gasteiger partial charge is 0.150 e. The van der Waals surface area contributed by atoms with Crippen LogP contribution in [0.3, 0.4) is 0 Å². The SMILES string of the molecule is CC.Cc1c(COc2cc(OCc3cncc(C#N)c3)c(CN3CCC(O)C3)cc2Cl)cccc1-c1cccc(-c2ccc(C=O)cc2)c1C. The summed E-state index contributed by atoms with van der Waals surface area (Å²) < 4.78 is 12.6. The van der Waals surface area contributed by atoms with E-state index >= 15 is 0 Å². The van der Waals surface area contributed by atoms with E-state index in [1.807, 2.05) is 56.3 Å². The van der Waals surface area contributed by atoms with Gasteiger partial charge in [0.05, 0.1) is 16.7 Å². The Kier molecular flexibility index (Phi) is 12.4. The maximum atomic E-state index is 11.2. The molecule has 8 heteroatoms. The largest absolute Gasteiger partial charge is 0.488 e. The van der Waals surface area contributed by atoms with Crippen molar-refractivity contribution in [2.45, 2.75) is 60.0 Å². The van der Waals surface area contributed by atoms with E-state index in [0.29, 0.717) is 47.3 Å². The van der Waals surface area contributed by atoms with Crippen LogP contribution in [-0.4, -0.2) is 40.5 Å². The highest BCUT2D eigenvalue weighted by molar-refractivity contribution is 6.32. The number of likely N-dealkylation sites (tertiary alicyclic amines) is 1. The number of rotatable bonds is 11. The van der Waals surface area contributed by atoms with Crippen molar-refractivity contribution >= 4 is 17.9 Å². The zero-order valence-electron chi connectivity index (χ0n) is 28.9. The van der Waals surface area contributed by atoms with Gasteiger partial charge in [-0.3, -0.25) is 14.7 Å². The fraction of sp³-hybridized carbons (Fsp3) is 0.262. The molecular weight excluding hydrogens is 646 g/mol. The third-order valence-electron chi connectivity index (χ3n) is 8.89. The van der Waals surface area contributed by atoms with Crippen LogP contribution in [0.1, 0.15) is 64.0 Å². The minimum Gasteiger partial charge on any atom is -0.488 e. The Balaban J connectivity index is 0.00000239. The van der Waals surface area contributed by atoms with Gasteiger partial charge < -0.3 is 14.6 Å². The first kappa shape index (κ1) is 36.3. The molecule has 1 unspecified atom stereocenters. The fourth-order valence-corrected chi connectivity index (χ4v) is 6.44. The highest BCUT2D eigenvalue weighted by Crippen LogP contribution is 2.37. The van der Waals surface area contributed by atoms with Crippen molar-refractivity contribution < 1.29 is 19.4 Å². The van der Waals surface area contributed by atoms with E-state index in [9.17, 15) is 15.2 Å². The molecule has 0 aliphatic carbocycles. The zero-order chi connectivity index (χ0) is 35.6. The minimum absolute atomic E-state index is 0.222. The average Bonchev–Trinajstić information content (AvgIpc) is 3.56. The first-order valence-corrected chi connectivity index (χ1v) is 17.3. The second-order valence-corrected chi connectivity index (χ2v) is 12.6. The summed E-state index contributed by atoms with van der Waals surface area (Å²) in [5.74, 6) is 1.12. The summed E-state index contributed by atoms with van der Waals surface area (Å²) in [5, 5.41) is 19.8. The second-order valence-electron chi connectivity index (χ2n) is 12.1. The summed E-state index contributed by atoms with van der Waals surface area (Å²) in [7, 11) is 0. The number of hydrogen-bond donors (Lipinski definition) is 1. The number of β-amino-alcohol motifs (C(OH)–C–C–N with tert-alkyl or cyclic N) is 1. The normalized spacial score (nSPS) is 14.0. The number of benzene rings is 4. The number of pyridine rings is 1. The molecule has 0 amide bonds. The first-order chi connectivity index (χ1) is 24.3. The van der Waals surface area contributed by atoms with Gasteiger partial charge in [-0.15, -0.1) is 0 Å². The van der Waals surface area contributed by atoms with Crippen molar-refractivity contribution in [3.8, 4) is 39.8 Å². The number of hydrogen-bond acceptors (Lipinski definition) is 7. The Hall–Kier alpha value is -5.00. The van der Waals surface area contributed by atoms with Gasteiger partial charge in [-0.25, -0.2) is 0 Å². The van der Waals surface area contributed by atoms with Crippen molar-refractivity contribution in [2.24, 2.45) is 0 Å². The van der Waals surface area contributed by atoms with Gasteiger partial charge in [-0.05, 0) is 71.3 Å². The first-order valence-electron chi connectivity index (χ1n) is 16.9. The van der Waals surface area contributed by atoms with E-state index < -0.39 is 0 Å². The highest BCUT2D eigenvalue weighted by atomic mass is 35.5. The van der Waals surface area contributed by atoms with Crippen molar-refractivity contribution in [3.63, 3.8) is 0 Å². The number of aldehydes is 1. The topological polar surface area (TPSA) is 95.7 Å². The van der Waals surface area contributed by atoms with Crippen LogP contribution in [-0.2, 0) is 19.8 Å². The lowest BCUT2D eigenvalue weighted by Crippen LogP contribution is -2.22. The van der Waals surface area contributed by atoms with Crippen LogP contribution >= 0.6 is 11.6 Å². The second kappa shape index (κ2) is 17.1. The summed E-state index contributed by atoms with van der Waals surface area (Å²) in [5.41, 5.74) is 10.5. The van der Waals surface area contributed by atoms with E-state index in [4.69, 9.17) is 21.1 Å². The maximum absolute atomic E-state index is 11.2. The molecule has 1 fully saturated rings. The predicted octanol–water partition coefficient (Wildman–Crippen LogP) is 9.12. The van der Waals surface area contributed by atoms with Gasteiger partial charge in [0.25, 0.3) is 0 Å². The number of halogens is 1. The Bertz CT molecular complexity index is 1990. The number of carbonyl (C=O) groups excluding carboxylic acids is 1. The Morgan fingerprint density at radius 2 is 1.60 bits per heavy atom. The van der Waals surface area contributed by atoms with Gasteiger partial charge >= 0.3 is 0 Å². The number of aliphatic hydroxyl groups excluding tert-OH is 1. The lowest BCUT2D eigenvalue weighted by Gasteiger charge is -2.20. The summed E-state index contributed by atoms with van der Waals surface area (Å²) in [6, 6.07) is 27.7.